The number of thiazole rings is 1. The molecule has 0 saturated carbocycles. The first kappa shape index (κ1) is 16.1. The third kappa shape index (κ3) is 3.75. The Bertz CT molecular complexity index is 476. The van der Waals surface area contributed by atoms with E-state index in [4.69, 9.17) is 5.73 Å². The highest BCUT2D eigenvalue weighted by molar-refractivity contribution is 7.17. The second kappa shape index (κ2) is 6.98. The molecule has 5 nitrogen and oxygen atoms in total. The SMILES string of the molecule is CCCC(N)C(=O)Nc1nc2c(s1)C(=O)CCC2.Cl. The molecule has 2 rings (SSSR count). The van der Waals surface area contributed by atoms with Gasteiger partial charge >= 0.3 is 0 Å². The number of nitrogens with one attached hydrogen (secondary N) is 1. The number of rotatable bonds is 4. The molecule has 1 amide bonds. The molecule has 7 heteroatoms. The third-order valence-electron chi connectivity index (χ3n) is 2.93. The Balaban J connectivity index is 0.00000180. The van der Waals surface area contributed by atoms with Gasteiger partial charge in [0, 0.05) is 6.42 Å². The van der Waals surface area contributed by atoms with Gasteiger partial charge in [-0.1, -0.05) is 24.7 Å². The lowest BCUT2D eigenvalue weighted by Crippen LogP contribution is -2.35. The van der Waals surface area contributed by atoms with Crippen molar-refractivity contribution in [3.05, 3.63) is 10.6 Å². The van der Waals surface area contributed by atoms with Crippen molar-refractivity contribution in [2.45, 2.75) is 45.1 Å². The molecule has 1 aliphatic carbocycles. The maximum absolute atomic E-state index is 11.7. The number of carbonyl (C=O) groups is 2. The van der Waals surface area contributed by atoms with E-state index in [0.717, 1.165) is 25.0 Å². The summed E-state index contributed by atoms with van der Waals surface area (Å²) in [6, 6.07) is -0.508. The Morgan fingerprint density at radius 2 is 2.26 bits per heavy atom. The quantitative estimate of drug-likeness (QED) is 0.892. The lowest BCUT2D eigenvalue weighted by atomic mass is 10.0. The van der Waals surface area contributed by atoms with Crippen LogP contribution in [0.2, 0.25) is 0 Å². The van der Waals surface area contributed by atoms with Crippen molar-refractivity contribution in [3.63, 3.8) is 0 Å². The summed E-state index contributed by atoms with van der Waals surface area (Å²) in [4.78, 5) is 28.4. The average Bonchev–Trinajstić information content (AvgIpc) is 2.73. The summed E-state index contributed by atoms with van der Waals surface area (Å²) in [6.45, 7) is 1.98. The Morgan fingerprint density at radius 1 is 1.53 bits per heavy atom. The van der Waals surface area contributed by atoms with Gasteiger partial charge in [0.15, 0.2) is 10.9 Å². The molecule has 0 aliphatic heterocycles. The predicted octanol–water partition coefficient (Wildman–Crippen LogP) is 2.15. The van der Waals surface area contributed by atoms with Gasteiger partial charge in [-0.05, 0) is 19.3 Å². The number of Topliss-reactive ketones (excluding diaryl/α,β-unsaturated/α-hetero) is 1. The van der Waals surface area contributed by atoms with Crippen LogP contribution in [-0.2, 0) is 11.2 Å². The molecule has 0 aromatic carbocycles. The molecule has 1 heterocycles. The maximum Gasteiger partial charge on any atom is 0.243 e. The molecule has 0 saturated heterocycles. The van der Waals surface area contributed by atoms with Gasteiger partial charge in [0.05, 0.1) is 16.6 Å². The maximum atomic E-state index is 11.7. The van der Waals surface area contributed by atoms with Crippen molar-refractivity contribution < 1.29 is 9.59 Å². The molecular weight excluding hydrogens is 286 g/mol. The molecule has 1 unspecified atom stereocenters. The third-order valence-corrected chi connectivity index (χ3v) is 3.99. The van der Waals surface area contributed by atoms with Gasteiger partial charge in [0.2, 0.25) is 5.91 Å². The number of fused-ring (bicyclic) bond motifs is 1. The van der Waals surface area contributed by atoms with Gasteiger partial charge in [0.25, 0.3) is 0 Å². The Labute approximate surface area is 122 Å². The van der Waals surface area contributed by atoms with Gasteiger partial charge in [-0.25, -0.2) is 4.98 Å². The van der Waals surface area contributed by atoms with Crippen LogP contribution in [0, 0.1) is 0 Å². The molecule has 1 aliphatic rings. The number of nitrogens with two attached hydrogens (primary N) is 1. The first-order valence-corrected chi connectivity index (χ1v) is 7.02. The van der Waals surface area contributed by atoms with Crippen LogP contribution in [0.5, 0.6) is 0 Å². The molecule has 0 radical (unpaired) electrons. The van der Waals surface area contributed by atoms with Gasteiger partial charge in [0.1, 0.15) is 0 Å². The van der Waals surface area contributed by atoms with Crippen LogP contribution in [0.25, 0.3) is 0 Å². The lowest BCUT2D eigenvalue weighted by Gasteiger charge is -2.08. The molecule has 106 valence electrons. The van der Waals surface area contributed by atoms with E-state index in [9.17, 15) is 9.59 Å². The average molecular weight is 304 g/mol. The van der Waals surface area contributed by atoms with Crippen LogP contribution in [-0.4, -0.2) is 22.7 Å². The second-order valence-electron chi connectivity index (χ2n) is 4.46. The molecular formula is C12H18ClN3O2S. The van der Waals surface area contributed by atoms with E-state index in [2.05, 4.69) is 10.3 Å². The van der Waals surface area contributed by atoms with Crippen molar-refractivity contribution in [1.29, 1.82) is 0 Å². The lowest BCUT2D eigenvalue weighted by molar-refractivity contribution is -0.117. The smallest absolute Gasteiger partial charge is 0.243 e. The highest BCUT2D eigenvalue weighted by atomic mass is 35.5. The summed E-state index contributed by atoms with van der Waals surface area (Å²) in [5, 5.41) is 3.19. The van der Waals surface area contributed by atoms with Crippen molar-refractivity contribution in [2.75, 3.05) is 5.32 Å². The number of halogens is 1. The fraction of sp³-hybridized carbons (Fsp3) is 0.583. The van der Waals surface area contributed by atoms with E-state index < -0.39 is 6.04 Å². The minimum Gasteiger partial charge on any atom is -0.320 e. The van der Waals surface area contributed by atoms with E-state index in [-0.39, 0.29) is 24.1 Å². The highest BCUT2D eigenvalue weighted by Crippen LogP contribution is 2.29. The summed E-state index contributed by atoms with van der Waals surface area (Å²) >= 11 is 1.26. The Kier molecular flexibility index (Phi) is 5.90. The second-order valence-corrected chi connectivity index (χ2v) is 5.46. The summed E-state index contributed by atoms with van der Waals surface area (Å²) in [5.41, 5.74) is 6.54. The fourth-order valence-electron chi connectivity index (χ4n) is 1.96. The van der Waals surface area contributed by atoms with E-state index in [1.165, 1.54) is 11.3 Å². The Hall–Kier alpha value is -0.980. The molecule has 1 aromatic heterocycles. The zero-order chi connectivity index (χ0) is 13.1. The van der Waals surface area contributed by atoms with Gasteiger partial charge in [-0.15, -0.1) is 12.4 Å². The number of aryl methyl sites for hydroxylation is 1. The zero-order valence-electron chi connectivity index (χ0n) is 10.8. The number of anilines is 1. The summed E-state index contributed by atoms with van der Waals surface area (Å²) in [6.07, 6.45) is 3.75. The van der Waals surface area contributed by atoms with E-state index in [0.29, 0.717) is 22.9 Å². The topological polar surface area (TPSA) is 85.1 Å². The summed E-state index contributed by atoms with van der Waals surface area (Å²) < 4.78 is 0. The summed E-state index contributed by atoms with van der Waals surface area (Å²) in [5.74, 6) is -0.0949. The normalized spacial score (nSPS) is 15.4. The van der Waals surface area contributed by atoms with E-state index in [1.807, 2.05) is 6.92 Å². The number of hydrogen-bond donors (Lipinski definition) is 2. The molecule has 1 aromatic rings. The largest absolute Gasteiger partial charge is 0.320 e. The Morgan fingerprint density at radius 3 is 2.89 bits per heavy atom. The van der Waals surface area contributed by atoms with Crippen molar-refractivity contribution >= 4 is 40.6 Å². The molecule has 19 heavy (non-hydrogen) atoms. The summed E-state index contributed by atoms with van der Waals surface area (Å²) in [7, 11) is 0. The molecule has 0 bridgehead atoms. The van der Waals surface area contributed by atoms with Crippen LogP contribution >= 0.6 is 23.7 Å². The van der Waals surface area contributed by atoms with Crippen LogP contribution in [0.1, 0.15) is 48.0 Å². The van der Waals surface area contributed by atoms with Gasteiger partial charge < -0.3 is 11.1 Å². The monoisotopic (exact) mass is 303 g/mol. The van der Waals surface area contributed by atoms with E-state index in [1.54, 1.807) is 0 Å². The van der Waals surface area contributed by atoms with Gasteiger partial charge in [-0.3, -0.25) is 9.59 Å². The van der Waals surface area contributed by atoms with Crippen LogP contribution < -0.4 is 11.1 Å². The fourth-order valence-corrected chi connectivity index (χ4v) is 2.94. The van der Waals surface area contributed by atoms with Crippen molar-refractivity contribution in [2.24, 2.45) is 5.73 Å². The van der Waals surface area contributed by atoms with Crippen molar-refractivity contribution in [3.8, 4) is 0 Å². The number of amides is 1. The molecule has 1 atom stereocenters. The predicted molar refractivity (Wildman–Crippen MR) is 78.1 cm³/mol. The number of ketones is 1. The van der Waals surface area contributed by atoms with Gasteiger partial charge in [-0.2, -0.15) is 0 Å². The van der Waals surface area contributed by atoms with Crippen LogP contribution in [0.4, 0.5) is 5.13 Å². The minimum absolute atomic E-state index is 0. The first-order valence-electron chi connectivity index (χ1n) is 6.21. The van der Waals surface area contributed by atoms with Crippen molar-refractivity contribution in [1.82, 2.24) is 4.98 Å². The number of aromatic nitrogens is 1. The molecule has 3 N–H and O–H groups in total. The van der Waals surface area contributed by atoms with E-state index >= 15 is 0 Å². The molecule has 0 spiro atoms. The number of nitrogens with zero attached hydrogens (tertiary/aromatic N) is 1. The molecule has 0 fully saturated rings. The highest BCUT2D eigenvalue weighted by Gasteiger charge is 2.23. The number of carbonyl (C=O) groups excluding carboxylic acids is 2. The van der Waals surface area contributed by atoms with Crippen LogP contribution in [0.3, 0.4) is 0 Å². The first-order chi connectivity index (χ1) is 8.61. The van der Waals surface area contributed by atoms with Crippen LogP contribution in [0.15, 0.2) is 0 Å². The minimum atomic E-state index is -0.508. The standard InChI is InChI=1S/C12H17N3O2S.ClH/c1-2-4-7(13)11(17)15-12-14-8-5-3-6-9(16)10(8)18-12;/h7H,2-6,13H2,1H3,(H,14,15,17);1H. The number of hydrogen-bond acceptors (Lipinski definition) is 5. The zero-order valence-corrected chi connectivity index (χ0v) is 12.4.